The number of aliphatic hydroxyl groups excluding tert-OH is 19. The topological polar surface area (TPSA) is 584 Å². The van der Waals surface area contributed by atoms with Gasteiger partial charge in [-0.1, -0.05) is 86.1 Å². The monoisotopic (exact) mass is 1670 g/mol. The lowest BCUT2D eigenvalue weighted by Gasteiger charge is -2.50. The van der Waals surface area contributed by atoms with Gasteiger partial charge in [-0.15, -0.1) is 0 Å². The van der Waals surface area contributed by atoms with Crippen LogP contribution in [-0.2, 0) is 61.6 Å². The normalized spacial score (nSPS) is 47.6. The van der Waals surface area contributed by atoms with Crippen LogP contribution in [0.1, 0.15) is 193 Å². The molecule has 6 saturated heterocycles. The second-order valence-corrected chi connectivity index (χ2v) is 34.7. The van der Waals surface area contributed by atoms with Gasteiger partial charge >= 0.3 is 5.97 Å². The molecule has 0 aliphatic carbocycles. The van der Waals surface area contributed by atoms with E-state index in [0.29, 0.717) is 19.3 Å². The predicted octanol–water partition coefficient (Wildman–Crippen LogP) is -1.70. The molecule has 0 amide bonds. The zero-order valence-electron chi connectivity index (χ0n) is 69.8. The van der Waals surface area contributed by atoms with Gasteiger partial charge in [0.15, 0.2) is 37.2 Å². The first-order valence-corrected chi connectivity index (χ1v) is 41.9. The molecule has 0 aromatic rings. The molecule has 7 rings (SSSR count). The zero-order chi connectivity index (χ0) is 86.6. The Bertz CT molecular complexity index is 3010. The van der Waals surface area contributed by atoms with Crippen molar-refractivity contribution in [3.8, 4) is 0 Å². The summed E-state index contributed by atoms with van der Waals surface area (Å²) < 4.78 is 75.2. The third-order valence-electron chi connectivity index (χ3n) is 25.4. The Kier molecular flexibility index (Phi) is 38.8. The summed E-state index contributed by atoms with van der Waals surface area (Å²) in [7, 11) is 0. The van der Waals surface area contributed by atoms with E-state index in [-0.39, 0.29) is 62.5 Å². The van der Waals surface area contributed by atoms with Gasteiger partial charge in [-0.25, -0.2) is 4.79 Å². The molecule has 35 heteroatoms. The average molecular weight is 1670 g/mol. The molecule has 7 heterocycles. The highest BCUT2D eigenvalue weighted by Crippen LogP contribution is 2.42. The van der Waals surface area contributed by atoms with Crippen LogP contribution >= 0.6 is 0 Å². The molecule has 24 N–H and O–H groups in total. The minimum absolute atomic E-state index is 0.0139. The summed E-state index contributed by atoms with van der Waals surface area (Å²) in [6.45, 7) is 22.2. The third-order valence-corrected chi connectivity index (χ3v) is 25.4. The summed E-state index contributed by atoms with van der Waals surface area (Å²) >= 11 is 0. The van der Waals surface area contributed by atoms with Crippen LogP contribution in [0.4, 0.5) is 0 Å². The molecule has 7 aliphatic rings. The van der Waals surface area contributed by atoms with E-state index < -0.39 is 306 Å². The predicted molar refractivity (Wildman–Crippen MR) is 412 cm³/mol. The maximum absolute atomic E-state index is 14.6. The van der Waals surface area contributed by atoms with E-state index in [9.17, 15) is 107 Å². The highest BCUT2D eigenvalue weighted by atomic mass is 16.8. The lowest BCUT2D eigenvalue weighted by molar-refractivity contribution is -0.389. The molecule has 0 aromatic heterocycles. The zero-order valence-corrected chi connectivity index (χ0v) is 69.8. The van der Waals surface area contributed by atoms with Crippen molar-refractivity contribution >= 4 is 5.97 Å². The van der Waals surface area contributed by atoms with E-state index in [2.05, 4.69) is 0 Å². The average Bonchev–Trinajstić information content (AvgIpc) is 0.772. The molecule has 35 nitrogen and oxygen atoms in total. The number of nitrogens with two attached hydrogens (primary N) is 2. The molecular formula is C81H144N2O33. The number of carbonyl (C=O) groups is 1. The van der Waals surface area contributed by atoms with Crippen LogP contribution in [0.2, 0.25) is 0 Å². The van der Waals surface area contributed by atoms with Crippen molar-refractivity contribution in [2.24, 2.45) is 47.0 Å². The van der Waals surface area contributed by atoms with Gasteiger partial charge in [0.05, 0.1) is 116 Å². The van der Waals surface area contributed by atoms with Crippen molar-refractivity contribution in [2.45, 2.75) is 425 Å². The minimum Gasteiger partial charge on any atom is -0.458 e. The van der Waals surface area contributed by atoms with E-state index in [0.717, 1.165) is 0 Å². The summed E-state index contributed by atoms with van der Waals surface area (Å²) in [6, 6.07) is -0.877. The number of esters is 1. The number of fused-ring (bicyclic) bond motifs is 2. The summed E-state index contributed by atoms with van der Waals surface area (Å²) in [5.41, 5.74) is 12.1. The van der Waals surface area contributed by atoms with Crippen LogP contribution in [0.5, 0.6) is 0 Å². The molecule has 0 aromatic carbocycles. The lowest BCUT2D eigenvalue weighted by atomic mass is 9.82. The number of hydrogen-bond donors (Lipinski definition) is 22. The Morgan fingerprint density at radius 1 is 0.595 bits per heavy atom. The summed E-state index contributed by atoms with van der Waals surface area (Å²) in [4.78, 5) is 14.6. The van der Waals surface area contributed by atoms with Crippen LogP contribution in [0.25, 0.3) is 0 Å². The highest BCUT2D eigenvalue weighted by Gasteiger charge is 2.57. The fourth-order valence-corrected chi connectivity index (χ4v) is 16.8. The Hall–Kier alpha value is -2.63. The summed E-state index contributed by atoms with van der Waals surface area (Å²) in [5, 5.41) is 231. The molecule has 676 valence electrons. The number of ether oxygens (including phenoxy) is 12. The molecule has 6 fully saturated rings. The maximum atomic E-state index is 14.6. The van der Waals surface area contributed by atoms with Crippen LogP contribution in [0.15, 0.2) is 35.5 Å². The van der Waals surface area contributed by atoms with Crippen molar-refractivity contribution in [3.05, 3.63) is 35.5 Å². The number of carbonyl (C=O) groups excluding carboxylic acids is 1. The van der Waals surface area contributed by atoms with Gasteiger partial charge in [0.25, 0.3) is 0 Å². The number of aliphatic hydroxyl groups is 20. The van der Waals surface area contributed by atoms with Crippen molar-refractivity contribution in [3.63, 3.8) is 0 Å². The minimum atomic E-state index is -2.79. The Morgan fingerprint density at radius 2 is 1.19 bits per heavy atom. The fraction of sp³-hybridized carbons (Fsp3) is 0.914. The van der Waals surface area contributed by atoms with Crippen molar-refractivity contribution in [1.82, 2.24) is 0 Å². The largest absolute Gasteiger partial charge is 0.458 e. The Labute approximate surface area is 681 Å². The SMILES string of the molecule is CCC[C@@H](O[C@H]1C[C@](C)(N)[C@H](O)[C@H](C)O1)[C@@H](C)[C@@H](O)[C@@H](/C=C/[C@H](O)[C@@H](C)[C@@H]1C/C=C(\C)[C@@H](O)[C@@H](C)[C@H](O[C@@H]2O[C@H](CO)[C@@H](O)[C@H](O)[C@@H]2O)C[C@@H](O)[C@@H](C)[C@H](O)C[C@@H]2C[C@H](O)[C@@H](O)[C@](O)(C[C@@H](O[C@@H]3O[C@@H](C)[C@@H](O)[C@H](O[C@H]4C[C@@H](N)[C@@H](O)[C@@H](C)O4)[C@H]3O[C@@H]3O[C@H](C)[C@@H](O)[C@H](O)[C@H]3O)[C@@H](C)CC[C@@H](O)C[C@@H](O)C/C=C(\CC)C(=O)O1)O2)CC. The van der Waals surface area contributed by atoms with Gasteiger partial charge in [-0.05, 0) is 98.0 Å². The van der Waals surface area contributed by atoms with Crippen molar-refractivity contribution < 1.29 is 164 Å². The maximum Gasteiger partial charge on any atom is 0.333 e. The van der Waals surface area contributed by atoms with Crippen molar-refractivity contribution in [2.75, 3.05) is 6.61 Å². The van der Waals surface area contributed by atoms with Crippen LogP contribution < -0.4 is 11.5 Å². The molecular weight excluding hydrogens is 1530 g/mol. The number of hydrogen-bond acceptors (Lipinski definition) is 35. The van der Waals surface area contributed by atoms with Gasteiger partial charge < -0.3 is 170 Å². The van der Waals surface area contributed by atoms with Crippen LogP contribution in [0, 0.1) is 35.5 Å². The summed E-state index contributed by atoms with van der Waals surface area (Å²) in [6.07, 6.45) is -44.7. The number of rotatable bonds is 22. The molecule has 7 aliphatic heterocycles. The van der Waals surface area contributed by atoms with Gasteiger partial charge in [-0.3, -0.25) is 0 Å². The first kappa shape index (κ1) is 100. The van der Waals surface area contributed by atoms with Gasteiger partial charge in [-0.2, -0.15) is 0 Å². The Morgan fingerprint density at radius 3 is 1.81 bits per heavy atom. The molecule has 44 atom stereocenters. The van der Waals surface area contributed by atoms with Crippen LogP contribution in [0.3, 0.4) is 0 Å². The van der Waals surface area contributed by atoms with Gasteiger partial charge in [0.1, 0.15) is 73.2 Å². The quantitative estimate of drug-likeness (QED) is 0.0424. The van der Waals surface area contributed by atoms with E-state index in [1.54, 1.807) is 60.6 Å². The lowest BCUT2D eigenvalue weighted by Crippen LogP contribution is -2.65. The molecule has 0 radical (unpaired) electrons. The fourth-order valence-electron chi connectivity index (χ4n) is 16.8. The first-order valence-electron chi connectivity index (χ1n) is 41.9. The smallest absolute Gasteiger partial charge is 0.333 e. The molecule has 0 saturated carbocycles. The van der Waals surface area contributed by atoms with E-state index in [1.807, 2.05) is 20.8 Å². The molecule has 0 unspecified atom stereocenters. The second-order valence-electron chi connectivity index (χ2n) is 34.7. The number of cyclic esters (lactones) is 1. The van der Waals surface area contributed by atoms with Gasteiger partial charge in [0.2, 0.25) is 0 Å². The van der Waals surface area contributed by atoms with E-state index >= 15 is 0 Å². The van der Waals surface area contributed by atoms with E-state index in [4.69, 9.17) is 68.3 Å². The van der Waals surface area contributed by atoms with Gasteiger partial charge in [0, 0.05) is 91.7 Å². The van der Waals surface area contributed by atoms with E-state index in [1.165, 1.54) is 39.8 Å². The molecule has 2 bridgehead atoms. The standard InChI is InChI=1S/C81H144N2O33/c1-15-18-55(109-61-33-80(14,83)74(101)44(13)106-61)39(8)63(92)45(16-2)22-25-51(87)38(7)56-26-20-36(5)62(91)40(9)57(111-78-71(100)69(98)67(96)59(34-84)113-78)31-53(89)37(6)52(88)28-49-29-54(90)75(102)81(104,116-49)32-58(35(4)19-23-47(85)27-48(86)24-21-46(17-3)76(103)110-56)112-79-73(115-77-70(99)68(97)65(94)42(11)107-77)72(66(95)43(12)108-79)114-60-30-50(82)64(93)41(10)105-60/h20-22,25,35,37-45,47-75,77-79,84-102,104H,15-19,23-24,26-34,82-83H2,1-14H3/b25-22+,36-20+,46-21+/t35-,37-,38+,39+,40-,41+,42+,43-,44-,45+,47+,48-,49+,50+,51-,52+,53+,54-,55+,56-,57+,58+,59+,60-,61-,62+,63+,64-,65+,66+,67+,68-,69-,70+,71-,72-,73+,74+,75+,77-,78+,79-,80-,81-/m0/s1. The molecule has 0 spiro atoms. The second kappa shape index (κ2) is 44.8. The molecule has 116 heavy (non-hydrogen) atoms. The first-order chi connectivity index (χ1) is 54.3. The highest BCUT2D eigenvalue weighted by molar-refractivity contribution is 5.88. The third kappa shape index (κ3) is 25.8. The van der Waals surface area contributed by atoms with Crippen molar-refractivity contribution in [1.29, 1.82) is 0 Å². The summed E-state index contributed by atoms with van der Waals surface area (Å²) in [5.74, 6) is -8.74. The van der Waals surface area contributed by atoms with Crippen LogP contribution in [-0.4, -0.2) is 347 Å². The Balaban J connectivity index is 1.24.